The summed E-state index contributed by atoms with van der Waals surface area (Å²) < 4.78 is 22.7. The minimum Gasteiger partial charge on any atom is -0.444 e. The number of hydrogen-bond donors (Lipinski definition) is 1. The topological polar surface area (TPSA) is 59.0 Å². The van der Waals surface area contributed by atoms with Crippen LogP contribution in [0.15, 0.2) is 0 Å². The zero-order valence-corrected chi connectivity index (χ0v) is 11.9. The van der Waals surface area contributed by atoms with Crippen molar-refractivity contribution in [3.8, 4) is 0 Å². The van der Waals surface area contributed by atoms with Crippen molar-refractivity contribution in [2.75, 3.05) is 26.4 Å². The second-order valence-corrected chi connectivity index (χ2v) is 5.81. The van der Waals surface area contributed by atoms with E-state index in [0.717, 1.165) is 0 Å². The first kappa shape index (κ1) is 16.2. The maximum atomic E-state index is 12.1. The molecule has 1 amide bonds. The molecule has 0 aliphatic carbocycles. The van der Waals surface area contributed by atoms with Crippen molar-refractivity contribution in [3.63, 3.8) is 0 Å². The van der Waals surface area contributed by atoms with Gasteiger partial charge in [-0.1, -0.05) is 0 Å². The van der Waals surface area contributed by atoms with E-state index in [4.69, 9.17) is 14.6 Å². The minimum atomic E-state index is -1.05. The largest absolute Gasteiger partial charge is 0.444 e. The average Bonchev–Trinajstić information content (AvgIpc) is 2.34. The Bertz CT molecular complexity index is 285. The third kappa shape index (κ3) is 6.20. The molecule has 0 aromatic rings. The van der Waals surface area contributed by atoms with Crippen LogP contribution >= 0.6 is 0 Å². The van der Waals surface area contributed by atoms with Gasteiger partial charge >= 0.3 is 6.09 Å². The van der Waals surface area contributed by atoms with Gasteiger partial charge in [0.25, 0.3) is 0 Å². The predicted octanol–water partition coefficient (Wildman–Crippen LogP) is 1.73. The zero-order chi connectivity index (χ0) is 14.5. The molecule has 0 spiro atoms. The van der Waals surface area contributed by atoms with Crippen molar-refractivity contribution in [2.45, 2.75) is 51.4 Å². The summed E-state index contributed by atoms with van der Waals surface area (Å²) in [6.07, 6.45) is -0.0326. The van der Waals surface area contributed by atoms with Gasteiger partial charge in [-0.3, -0.25) is 0 Å². The number of halogens is 1. The molecule has 5 nitrogen and oxygen atoms in total. The molecule has 0 radical (unpaired) electrons. The van der Waals surface area contributed by atoms with E-state index in [2.05, 4.69) is 0 Å². The third-order valence-electron chi connectivity index (χ3n) is 2.80. The van der Waals surface area contributed by atoms with E-state index in [9.17, 15) is 9.18 Å². The van der Waals surface area contributed by atoms with Crippen LogP contribution in [0.1, 0.15) is 33.6 Å². The summed E-state index contributed by atoms with van der Waals surface area (Å²) in [5, 5.41) is 9.07. The maximum absolute atomic E-state index is 12.1. The molecule has 0 bridgehead atoms. The number of aliphatic hydroxyl groups excluding tert-OH is 1. The molecule has 0 aromatic heterocycles. The van der Waals surface area contributed by atoms with Crippen LogP contribution in [0.2, 0.25) is 0 Å². The zero-order valence-electron chi connectivity index (χ0n) is 11.9. The molecular weight excluding hydrogens is 253 g/mol. The number of hydrogen-bond acceptors (Lipinski definition) is 4. The molecule has 1 N–H and O–H groups in total. The Labute approximate surface area is 113 Å². The van der Waals surface area contributed by atoms with E-state index in [1.807, 2.05) is 20.8 Å². The number of ether oxygens (including phenoxy) is 2. The molecule has 1 heterocycles. The second-order valence-electron chi connectivity index (χ2n) is 5.81. The predicted molar refractivity (Wildman–Crippen MR) is 68.8 cm³/mol. The van der Waals surface area contributed by atoms with E-state index >= 15 is 0 Å². The number of aliphatic hydroxyl groups is 1. The standard InChI is InChI=1S/C13H24FNO4/c1-13(2,3)19-12(17)15-6-4-11(5-7-15)18-9-10(16)8-14/h10-11,16H,4-9H2,1-3H3. The number of rotatable bonds is 4. The molecule has 112 valence electrons. The molecule has 1 saturated heterocycles. The Hall–Kier alpha value is -0.880. The fourth-order valence-corrected chi connectivity index (χ4v) is 1.82. The quantitative estimate of drug-likeness (QED) is 0.850. The van der Waals surface area contributed by atoms with Crippen LogP contribution in [0.25, 0.3) is 0 Å². The van der Waals surface area contributed by atoms with Crippen LogP contribution in [0, 0.1) is 0 Å². The molecule has 1 atom stereocenters. The lowest BCUT2D eigenvalue weighted by Crippen LogP contribution is -2.43. The molecule has 1 rings (SSSR count). The highest BCUT2D eigenvalue weighted by atomic mass is 19.1. The number of alkyl halides is 1. The van der Waals surface area contributed by atoms with Gasteiger partial charge in [0, 0.05) is 13.1 Å². The fraction of sp³-hybridized carbons (Fsp3) is 0.923. The van der Waals surface area contributed by atoms with Crippen molar-refractivity contribution < 1.29 is 23.8 Å². The molecule has 19 heavy (non-hydrogen) atoms. The van der Waals surface area contributed by atoms with Gasteiger partial charge < -0.3 is 19.5 Å². The van der Waals surface area contributed by atoms with Crippen LogP contribution in [0.3, 0.4) is 0 Å². The number of carbonyl (C=O) groups excluding carboxylic acids is 1. The molecular formula is C13H24FNO4. The first-order valence-corrected chi connectivity index (χ1v) is 6.65. The van der Waals surface area contributed by atoms with Gasteiger partial charge in [0.2, 0.25) is 0 Å². The lowest BCUT2D eigenvalue weighted by atomic mass is 10.1. The summed E-state index contributed by atoms with van der Waals surface area (Å²) in [6.45, 7) is 5.83. The van der Waals surface area contributed by atoms with Crippen molar-refractivity contribution in [2.24, 2.45) is 0 Å². The Kier molecular flexibility index (Phi) is 6.00. The van der Waals surface area contributed by atoms with Gasteiger partial charge in [0.1, 0.15) is 18.4 Å². The second kappa shape index (κ2) is 7.05. The average molecular weight is 277 g/mol. The van der Waals surface area contributed by atoms with Crippen LogP contribution < -0.4 is 0 Å². The summed E-state index contributed by atoms with van der Waals surface area (Å²) in [4.78, 5) is 13.5. The van der Waals surface area contributed by atoms with Crippen molar-refractivity contribution in [1.82, 2.24) is 4.90 Å². The number of carbonyl (C=O) groups is 1. The molecule has 1 unspecified atom stereocenters. The minimum absolute atomic E-state index is 0.00754. The van der Waals surface area contributed by atoms with Gasteiger partial charge in [-0.25, -0.2) is 9.18 Å². The van der Waals surface area contributed by atoms with Crippen LogP contribution in [-0.2, 0) is 9.47 Å². The molecule has 0 saturated carbocycles. The van der Waals surface area contributed by atoms with Gasteiger partial charge in [0.15, 0.2) is 0 Å². The first-order valence-electron chi connectivity index (χ1n) is 6.65. The van der Waals surface area contributed by atoms with Crippen LogP contribution in [0.5, 0.6) is 0 Å². The SMILES string of the molecule is CC(C)(C)OC(=O)N1CCC(OCC(O)CF)CC1. The Balaban J connectivity index is 2.27. The summed E-state index contributed by atoms with van der Waals surface area (Å²) in [5.41, 5.74) is -0.490. The molecule has 1 fully saturated rings. The van der Waals surface area contributed by atoms with Crippen molar-refractivity contribution in [3.05, 3.63) is 0 Å². The van der Waals surface area contributed by atoms with Gasteiger partial charge in [-0.2, -0.15) is 0 Å². The highest BCUT2D eigenvalue weighted by molar-refractivity contribution is 5.68. The van der Waals surface area contributed by atoms with Gasteiger partial charge in [-0.05, 0) is 33.6 Å². The summed E-state index contributed by atoms with van der Waals surface area (Å²) >= 11 is 0. The van der Waals surface area contributed by atoms with E-state index in [1.165, 1.54) is 0 Å². The Morgan fingerprint density at radius 3 is 2.47 bits per heavy atom. The first-order chi connectivity index (χ1) is 8.81. The molecule has 1 aliphatic rings. The van der Waals surface area contributed by atoms with Crippen molar-refractivity contribution in [1.29, 1.82) is 0 Å². The molecule has 0 aromatic carbocycles. The molecule has 6 heteroatoms. The number of likely N-dealkylation sites (tertiary alicyclic amines) is 1. The monoisotopic (exact) mass is 277 g/mol. The number of nitrogens with zero attached hydrogens (tertiary/aromatic N) is 1. The number of amides is 1. The summed E-state index contributed by atoms with van der Waals surface area (Å²) in [6, 6.07) is 0. The normalized spacial score (nSPS) is 19.3. The maximum Gasteiger partial charge on any atom is 0.410 e. The Morgan fingerprint density at radius 2 is 2.00 bits per heavy atom. The summed E-state index contributed by atoms with van der Waals surface area (Å²) in [7, 11) is 0. The van der Waals surface area contributed by atoms with Crippen molar-refractivity contribution >= 4 is 6.09 Å². The molecule has 1 aliphatic heterocycles. The van der Waals surface area contributed by atoms with Gasteiger partial charge in [-0.15, -0.1) is 0 Å². The van der Waals surface area contributed by atoms with E-state index < -0.39 is 18.4 Å². The third-order valence-corrected chi connectivity index (χ3v) is 2.80. The van der Waals surface area contributed by atoms with Gasteiger partial charge in [0.05, 0.1) is 12.7 Å². The highest BCUT2D eigenvalue weighted by Gasteiger charge is 2.27. The van der Waals surface area contributed by atoms with Crippen LogP contribution in [0.4, 0.5) is 9.18 Å². The Morgan fingerprint density at radius 1 is 1.42 bits per heavy atom. The number of piperidine rings is 1. The lowest BCUT2D eigenvalue weighted by Gasteiger charge is -2.33. The van der Waals surface area contributed by atoms with E-state index in [1.54, 1.807) is 4.90 Å². The summed E-state index contributed by atoms with van der Waals surface area (Å²) in [5.74, 6) is 0. The lowest BCUT2D eigenvalue weighted by molar-refractivity contribution is -0.0437. The fourth-order valence-electron chi connectivity index (χ4n) is 1.82. The highest BCUT2D eigenvalue weighted by Crippen LogP contribution is 2.17. The van der Waals surface area contributed by atoms with E-state index in [-0.39, 0.29) is 18.8 Å². The van der Waals surface area contributed by atoms with E-state index in [0.29, 0.717) is 25.9 Å². The smallest absolute Gasteiger partial charge is 0.410 e. The van der Waals surface area contributed by atoms with Crippen LogP contribution in [-0.4, -0.2) is 60.3 Å².